The fourth-order valence-electron chi connectivity index (χ4n) is 2.23. The lowest BCUT2D eigenvalue weighted by atomic mass is 10.2. The molecule has 4 heteroatoms. The minimum absolute atomic E-state index is 0.0123. The zero-order valence-corrected chi connectivity index (χ0v) is 11.9. The summed E-state index contributed by atoms with van der Waals surface area (Å²) in [4.78, 5) is 14.1. The van der Waals surface area contributed by atoms with Crippen molar-refractivity contribution >= 4 is 17.3 Å². The summed E-state index contributed by atoms with van der Waals surface area (Å²) in [6, 6.07) is 6.08. The zero-order chi connectivity index (χ0) is 14.0. The van der Waals surface area contributed by atoms with Crippen molar-refractivity contribution in [2.45, 2.75) is 32.7 Å². The van der Waals surface area contributed by atoms with Crippen LogP contribution in [0.2, 0.25) is 0 Å². The molecule has 0 aliphatic heterocycles. The maximum Gasteiger partial charge on any atom is 0.238 e. The van der Waals surface area contributed by atoms with Crippen LogP contribution in [-0.4, -0.2) is 30.4 Å². The number of hydrogen-bond acceptors (Lipinski definition) is 3. The van der Waals surface area contributed by atoms with Crippen molar-refractivity contribution in [1.29, 1.82) is 0 Å². The van der Waals surface area contributed by atoms with Crippen LogP contribution in [0.15, 0.2) is 18.2 Å². The van der Waals surface area contributed by atoms with Crippen molar-refractivity contribution in [2.24, 2.45) is 5.92 Å². The molecule has 19 heavy (non-hydrogen) atoms. The fourth-order valence-corrected chi connectivity index (χ4v) is 2.23. The van der Waals surface area contributed by atoms with Gasteiger partial charge in [0.05, 0.1) is 6.54 Å². The number of anilines is 2. The SMILES string of the molecule is Cc1ccc(NC(=O)CN(C)C(C)C2CC2)cc1N. The van der Waals surface area contributed by atoms with Gasteiger partial charge in [0.2, 0.25) is 5.91 Å². The highest BCUT2D eigenvalue weighted by Gasteiger charge is 2.30. The number of carbonyl (C=O) groups excluding carboxylic acids is 1. The predicted octanol–water partition coefficient (Wildman–Crippen LogP) is 2.25. The maximum absolute atomic E-state index is 12.0. The number of nitrogens with zero attached hydrogens (tertiary/aromatic N) is 1. The van der Waals surface area contributed by atoms with Gasteiger partial charge >= 0.3 is 0 Å². The van der Waals surface area contributed by atoms with Crippen molar-refractivity contribution in [1.82, 2.24) is 4.90 Å². The minimum Gasteiger partial charge on any atom is -0.398 e. The summed E-state index contributed by atoms with van der Waals surface area (Å²) >= 11 is 0. The van der Waals surface area contributed by atoms with Gasteiger partial charge in [-0.3, -0.25) is 9.69 Å². The molecule has 0 saturated heterocycles. The van der Waals surface area contributed by atoms with E-state index in [9.17, 15) is 4.79 Å². The van der Waals surface area contributed by atoms with Gasteiger partial charge in [-0.2, -0.15) is 0 Å². The van der Waals surface area contributed by atoms with Crippen LogP contribution < -0.4 is 11.1 Å². The van der Waals surface area contributed by atoms with E-state index in [0.29, 0.717) is 18.3 Å². The van der Waals surface area contributed by atoms with Crippen molar-refractivity contribution in [3.63, 3.8) is 0 Å². The first kappa shape index (κ1) is 13.9. The highest BCUT2D eigenvalue weighted by molar-refractivity contribution is 5.92. The molecule has 1 aliphatic rings. The van der Waals surface area contributed by atoms with Gasteiger partial charge in [0.15, 0.2) is 0 Å². The first-order chi connectivity index (χ1) is 8.97. The second-order valence-electron chi connectivity index (χ2n) is 5.61. The van der Waals surface area contributed by atoms with Crippen LogP contribution in [0.25, 0.3) is 0 Å². The molecule has 0 spiro atoms. The van der Waals surface area contributed by atoms with E-state index in [1.165, 1.54) is 12.8 Å². The number of hydrogen-bond donors (Lipinski definition) is 2. The number of benzene rings is 1. The van der Waals surface area contributed by atoms with Crippen LogP contribution in [0.4, 0.5) is 11.4 Å². The molecule has 3 N–H and O–H groups in total. The van der Waals surface area contributed by atoms with E-state index in [0.717, 1.165) is 17.2 Å². The van der Waals surface area contributed by atoms with Gasteiger partial charge in [0.1, 0.15) is 0 Å². The van der Waals surface area contributed by atoms with Crippen molar-refractivity contribution in [3.05, 3.63) is 23.8 Å². The lowest BCUT2D eigenvalue weighted by Crippen LogP contribution is -2.37. The average Bonchev–Trinajstić information content (AvgIpc) is 3.17. The van der Waals surface area contributed by atoms with Gasteiger partial charge in [-0.1, -0.05) is 6.07 Å². The molecule has 0 aromatic heterocycles. The number of nitrogen functional groups attached to an aromatic ring is 1. The summed E-state index contributed by atoms with van der Waals surface area (Å²) in [6.45, 7) is 4.56. The van der Waals surface area contributed by atoms with Gasteiger partial charge in [0, 0.05) is 17.4 Å². The zero-order valence-electron chi connectivity index (χ0n) is 11.9. The molecule has 1 fully saturated rings. The lowest BCUT2D eigenvalue weighted by Gasteiger charge is -2.23. The molecule has 0 bridgehead atoms. The normalized spacial score (nSPS) is 16.4. The Kier molecular flexibility index (Phi) is 4.10. The van der Waals surface area contributed by atoms with Gasteiger partial charge in [-0.25, -0.2) is 0 Å². The van der Waals surface area contributed by atoms with E-state index in [4.69, 9.17) is 5.73 Å². The third-order valence-corrected chi connectivity index (χ3v) is 3.96. The molecule has 1 amide bonds. The van der Waals surface area contributed by atoms with Crippen LogP contribution in [0.1, 0.15) is 25.3 Å². The average molecular weight is 261 g/mol. The van der Waals surface area contributed by atoms with E-state index < -0.39 is 0 Å². The number of rotatable bonds is 5. The lowest BCUT2D eigenvalue weighted by molar-refractivity contribution is -0.117. The Hall–Kier alpha value is -1.55. The third kappa shape index (κ3) is 3.70. The number of carbonyl (C=O) groups is 1. The molecular formula is C15H23N3O. The molecule has 1 aromatic carbocycles. The Bertz CT molecular complexity index is 468. The molecule has 4 nitrogen and oxygen atoms in total. The van der Waals surface area contributed by atoms with Gasteiger partial charge in [-0.15, -0.1) is 0 Å². The molecule has 1 saturated carbocycles. The first-order valence-corrected chi connectivity index (χ1v) is 6.83. The van der Waals surface area contributed by atoms with Crippen LogP contribution in [0, 0.1) is 12.8 Å². The van der Waals surface area contributed by atoms with E-state index in [1.807, 2.05) is 26.1 Å². The highest BCUT2D eigenvalue weighted by Crippen LogP contribution is 2.34. The van der Waals surface area contributed by atoms with Crippen molar-refractivity contribution in [3.8, 4) is 0 Å². The van der Waals surface area contributed by atoms with Crippen LogP contribution in [0.5, 0.6) is 0 Å². The van der Waals surface area contributed by atoms with Crippen LogP contribution >= 0.6 is 0 Å². The van der Waals surface area contributed by atoms with Crippen molar-refractivity contribution in [2.75, 3.05) is 24.6 Å². The molecule has 0 radical (unpaired) electrons. The Balaban J connectivity index is 1.87. The molecule has 1 atom stereocenters. The largest absolute Gasteiger partial charge is 0.398 e. The number of aryl methyl sites for hydroxylation is 1. The number of likely N-dealkylation sites (N-methyl/N-ethyl adjacent to an activating group) is 1. The molecule has 1 unspecified atom stereocenters. The van der Waals surface area contributed by atoms with Crippen molar-refractivity contribution < 1.29 is 4.79 Å². The van der Waals surface area contributed by atoms with Gasteiger partial charge in [0.25, 0.3) is 0 Å². The van der Waals surface area contributed by atoms with E-state index in [2.05, 4.69) is 17.1 Å². The highest BCUT2D eigenvalue weighted by atomic mass is 16.2. The van der Waals surface area contributed by atoms with E-state index in [-0.39, 0.29) is 5.91 Å². The maximum atomic E-state index is 12.0. The summed E-state index contributed by atoms with van der Waals surface area (Å²) in [6.07, 6.45) is 2.59. The number of nitrogens with one attached hydrogen (secondary N) is 1. The third-order valence-electron chi connectivity index (χ3n) is 3.96. The Morgan fingerprint density at radius 1 is 1.53 bits per heavy atom. The molecule has 1 aromatic rings. The Morgan fingerprint density at radius 2 is 2.21 bits per heavy atom. The number of nitrogens with two attached hydrogens (primary N) is 1. The predicted molar refractivity (Wildman–Crippen MR) is 79.0 cm³/mol. The first-order valence-electron chi connectivity index (χ1n) is 6.83. The second-order valence-corrected chi connectivity index (χ2v) is 5.61. The molecule has 0 heterocycles. The van der Waals surface area contributed by atoms with Gasteiger partial charge < -0.3 is 11.1 Å². The quantitative estimate of drug-likeness (QED) is 0.799. The van der Waals surface area contributed by atoms with Gasteiger partial charge in [-0.05, 0) is 57.4 Å². The standard InChI is InChI=1S/C15H23N3O/c1-10-4-7-13(8-14(10)16)17-15(19)9-18(3)11(2)12-5-6-12/h4,7-8,11-12H,5-6,9,16H2,1-3H3,(H,17,19). The Morgan fingerprint density at radius 3 is 2.79 bits per heavy atom. The van der Waals surface area contributed by atoms with Crippen LogP contribution in [-0.2, 0) is 4.79 Å². The smallest absolute Gasteiger partial charge is 0.238 e. The molecule has 2 rings (SSSR count). The summed E-state index contributed by atoms with van der Waals surface area (Å²) in [7, 11) is 2.01. The summed E-state index contributed by atoms with van der Waals surface area (Å²) in [5.74, 6) is 0.783. The Labute approximate surface area is 115 Å². The van der Waals surface area contributed by atoms with E-state index >= 15 is 0 Å². The summed E-state index contributed by atoms with van der Waals surface area (Å²) in [5.41, 5.74) is 8.33. The molecule has 104 valence electrons. The topological polar surface area (TPSA) is 58.4 Å². The van der Waals surface area contributed by atoms with E-state index in [1.54, 1.807) is 6.07 Å². The molecular weight excluding hydrogens is 238 g/mol. The monoisotopic (exact) mass is 261 g/mol. The summed E-state index contributed by atoms with van der Waals surface area (Å²) < 4.78 is 0. The minimum atomic E-state index is 0.0123. The molecule has 1 aliphatic carbocycles. The fraction of sp³-hybridized carbons (Fsp3) is 0.533. The van der Waals surface area contributed by atoms with Crippen LogP contribution in [0.3, 0.4) is 0 Å². The number of amides is 1. The summed E-state index contributed by atoms with van der Waals surface area (Å²) in [5, 5.41) is 2.89. The second kappa shape index (κ2) is 5.61.